The second-order valence-corrected chi connectivity index (χ2v) is 11.3. The summed E-state index contributed by atoms with van der Waals surface area (Å²) in [6.45, 7) is 1.48. The third kappa shape index (κ3) is 5.15. The average Bonchev–Trinajstić information content (AvgIpc) is 3.60. The molecular weight excluding hydrogens is 511 g/mol. The van der Waals surface area contributed by atoms with Crippen LogP contribution in [-0.4, -0.2) is 42.6 Å². The second-order valence-electron chi connectivity index (χ2n) is 8.54. The molecule has 0 saturated heterocycles. The van der Waals surface area contributed by atoms with Crippen LogP contribution in [0.4, 0.5) is 0 Å². The Kier molecular flexibility index (Phi) is 7.09. The Hall–Kier alpha value is -2.68. The molecule has 4 rings (SSSR count). The fourth-order valence-electron chi connectivity index (χ4n) is 3.99. The van der Waals surface area contributed by atoms with Crippen molar-refractivity contribution >= 4 is 44.6 Å². The van der Waals surface area contributed by atoms with E-state index in [9.17, 15) is 18.0 Å². The third-order valence-electron chi connectivity index (χ3n) is 5.92. The molecule has 0 atom stereocenters. The van der Waals surface area contributed by atoms with Gasteiger partial charge >= 0.3 is 0 Å². The fraction of sp³-hybridized carbons (Fsp3) is 0.320. The van der Waals surface area contributed by atoms with E-state index in [4.69, 9.17) is 27.9 Å². The maximum Gasteiger partial charge on any atom is 0.223 e. The first-order chi connectivity index (χ1) is 16.5. The molecule has 10 heteroatoms. The lowest BCUT2D eigenvalue weighted by atomic mass is 9.98. The molecule has 35 heavy (non-hydrogen) atoms. The van der Waals surface area contributed by atoms with Gasteiger partial charge in [0.2, 0.25) is 11.7 Å². The Bertz CT molecular complexity index is 1430. The second kappa shape index (κ2) is 9.76. The van der Waals surface area contributed by atoms with E-state index in [2.05, 4.69) is 5.10 Å². The van der Waals surface area contributed by atoms with Crippen molar-refractivity contribution in [3.8, 4) is 5.88 Å². The quantitative estimate of drug-likeness (QED) is 0.356. The number of halogens is 2. The molecule has 0 radical (unpaired) electrons. The van der Waals surface area contributed by atoms with E-state index in [1.807, 2.05) is 0 Å². The molecule has 2 aromatic carbocycles. The molecule has 0 amide bonds. The van der Waals surface area contributed by atoms with Crippen LogP contribution >= 0.6 is 23.2 Å². The minimum Gasteiger partial charge on any atom is -0.469 e. The SMILES string of the molecule is CCc1c(S(C)(=O)=O)ccc(C(=O)c2c(C3CC3)nn(C)c2OCC(=O)c2ccc(Cl)cc2)c1Cl. The molecule has 1 aliphatic rings. The highest BCUT2D eigenvalue weighted by molar-refractivity contribution is 7.90. The zero-order valence-electron chi connectivity index (χ0n) is 19.5. The molecule has 0 N–H and O–H groups in total. The third-order valence-corrected chi connectivity index (χ3v) is 7.78. The molecule has 1 heterocycles. The van der Waals surface area contributed by atoms with E-state index < -0.39 is 15.6 Å². The standard InChI is InChI=1S/C25H24Cl2N2O5S/c1-4-17-20(35(3,32)33)12-11-18(22(17)27)24(31)21-23(15-5-6-15)28-29(2)25(21)34-13-19(30)14-7-9-16(26)10-8-14/h7-12,15H,4-6,13H2,1-3H3. The molecule has 1 saturated carbocycles. The summed E-state index contributed by atoms with van der Waals surface area (Å²) in [6.07, 6.45) is 3.22. The van der Waals surface area contributed by atoms with Crippen LogP contribution in [0.1, 0.15) is 63.2 Å². The normalized spacial score (nSPS) is 13.6. The highest BCUT2D eigenvalue weighted by Gasteiger charge is 2.36. The molecule has 184 valence electrons. The number of Topliss-reactive ketones (excluding diaryl/α,β-unsaturated/α-hetero) is 1. The van der Waals surface area contributed by atoms with Crippen molar-refractivity contribution in [2.45, 2.75) is 37.0 Å². The van der Waals surface area contributed by atoms with Crippen LogP contribution in [-0.2, 0) is 23.3 Å². The lowest BCUT2D eigenvalue weighted by Gasteiger charge is -2.13. The summed E-state index contributed by atoms with van der Waals surface area (Å²) in [6, 6.07) is 9.28. The van der Waals surface area contributed by atoms with Crippen molar-refractivity contribution in [1.29, 1.82) is 0 Å². The van der Waals surface area contributed by atoms with E-state index in [0.717, 1.165) is 19.1 Å². The van der Waals surface area contributed by atoms with Crippen LogP contribution in [0.15, 0.2) is 41.3 Å². The largest absolute Gasteiger partial charge is 0.469 e. The van der Waals surface area contributed by atoms with Crippen LogP contribution in [0.25, 0.3) is 0 Å². The van der Waals surface area contributed by atoms with Crippen molar-refractivity contribution in [3.63, 3.8) is 0 Å². The van der Waals surface area contributed by atoms with Crippen LogP contribution < -0.4 is 4.74 Å². The summed E-state index contributed by atoms with van der Waals surface area (Å²) in [5, 5.41) is 5.12. The average molecular weight is 535 g/mol. The van der Waals surface area contributed by atoms with Gasteiger partial charge in [-0.3, -0.25) is 9.59 Å². The maximum absolute atomic E-state index is 13.8. The first kappa shape index (κ1) is 25.4. The monoisotopic (exact) mass is 534 g/mol. The topological polar surface area (TPSA) is 95.3 Å². The molecule has 1 fully saturated rings. The predicted molar refractivity (Wildman–Crippen MR) is 134 cm³/mol. The van der Waals surface area contributed by atoms with Gasteiger partial charge in [-0.15, -0.1) is 0 Å². The Balaban J connectivity index is 1.72. The number of aromatic nitrogens is 2. The van der Waals surface area contributed by atoms with E-state index >= 15 is 0 Å². The van der Waals surface area contributed by atoms with Crippen LogP contribution in [0, 0.1) is 0 Å². The van der Waals surface area contributed by atoms with Gasteiger partial charge in [-0.25, -0.2) is 13.1 Å². The van der Waals surface area contributed by atoms with Gasteiger partial charge in [0.15, 0.2) is 22.2 Å². The fourth-order valence-corrected chi connectivity index (χ4v) is 5.57. The lowest BCUT2D eigenvalue weighted by molar-refractivity contribution is 0.0908. The van der Waals surface area contributed by atoms with E-state index in [1.54, 1.807) is 38.2 Å². The van der Waals surface area contributed by atoms with Gasteiger partial charge < -0.3 is 4.74 Å². The van der Waals surface area contributed by atoms with E-state index in [1.165, 1.54) is 16.8 Å². The Morgan fingerprint density at radius 3 is 2.34 bits per heavy atom. The number of hydrogen-bond donors (Lipinski definition) is 0. The number of hydrogen-bond acceptors (Lipinski definition) is 6. The summed E-state index contributed by atoms with van der Waals surface area (Å²) in [5.41, 5.74) is 1.82. The predicted octanol–water partition coefficient (Wildman–Crippen LogP) is 5.06. The Labute approximate surface area is 213 Å². The molecule has 0 aliphatic heterocycles. The number of rotatable bonds is 9. The number of aryl methyl sites for hydroxylation is 1. The summed E-state index contributed by atoms with van der Waals surface area (Å²) < 4.78 is 31.7. The van der Waals surface area contributed by atoms with Crippen LogP contribution in [0.3, 0.4) is 0 Å². The van der Waals surface area contributed by atoms with Crippen molar-refractivity contribution in [2.75, 3.05) is 12.9 Å². The lowest BCUT2D eigenvalue weighted by Crippen LogP contribution is -2.16. The summed E-state index contributed by atoms with van der Waals surface area (Å²) in [5.74, 6) is -0.420. The minimum atomic E-state index is -3.52. The number of benzene rings is 2. The first-order valence-electron chi connectivity index (χ1n) is 11.1. The number of carbonyl (C=O) groups is 2. The summed E-state index contributed by atoms with van der Waals surface area (Å²) in [4.78, 5) is 26.5. The summed E-state index contributed by atoms with van der Waals surface area (Å²) in [7, 11) is -1.87. The number of sulfone groups is 1. The molecule has 0 bridgehead atoms. The van der Waals surface area contributed by atoms with Crippen molar-refractivity contribution in [3.05, 3.63) is 74.4 Å². The van der Waals surface area contributed by atoms with Gasteiger partial charge in [0.25, 0.3) is 0 Å². The van der Waals surface area contributed by atoms with Gasteiger partial charge in [-0.2, -0.15) is 5.10 Å². The van der Waals surface area contributed by atoms with E-state index in [-0.39, 0.29) is 45.2 Å². The van der Waals surface area contributed by atoms with Gasteiger partial charge in [0.1, 0.15) is 5.56 Å². The minimum absolute atomic E-state index is 0.0919. The van der Waals surface area contributed by atoms with E-state index in [0.29, 0.717) is 28.3 Å². The molecule has 1 aromatic heterocycles. The van der Waals surface area contributed by atoms with Crippen LogP contribution in [0.5, 0.6) is 5.88 Å². The van der Waals surface area contributed by atoms with Crippen molar-refractivity contribution in [2.24, 2.45) is 7.05 Å². The zero-order valence-corrected chi connectivity index (χ0v) is 21.8. The van der Waals surface area contributed by atoms with Gasteiger partial charge in [-0.05, 0) is 61.2 Å². The molecule has 0 spiro atoms. The Morgan fingerprint density at radius 2 is 1.77 bits per heavy atom. The molecule has 7 nitrogen and oxygen atoms in total. The van der Waals surface area contributed by atoms with Gasteiger partial charge in [0, 0.05) is 35.4 Å². The number of ketones is 2. The van der Waals surface area contributed by atoms with Gasteiger partial charge in [0.05, 0.1) is 15.6 Å². The molecular formula is C25H24Cl2N2O5S. The molecule has 0 unspecified atom stereocenters. The van der Waals surface area contributed by atoms with Crippen molar-refractivity contribution < 1.29 is 22.7 Å². The summed E-state index contributed by atoms with van der Waals surface area (Å²) >= 11 is 12.5. The van der Waals surface area contributed by atoms with Crippen LogP contribution in [0.2, 0.25) is 10.0 Å². The Morgan fingerprint density at radius 1 is 1.11 bits per heavy atom. The van der Waals surface area contributed by atoms with Gasteiger partial charge in [-0.1, -0.05) is 30.1 Å². The molecule has 1 aliphatic carbocycles. The number of nitrogens with zero attached hydrogens (tertiary/aromatic N) is 2. The smallest absolute Gasteiger partial charge is 0.223 e. The maximum atomic E-state index is 13.8. The highest BCUT2D eigenvalue weighted by Crippen LogP contribution is 2.44. The first-order valence-corrected chi connectivity index (χ1v) is 13.7. The number of ether oxygens (including phenoxy) is 1. The number of carbonyl (C=O) groups excluding carboxylic acids is 2. The zero-order chi connectivity index (χ0) is 25.5. The molecule has 3 aromatic rings. The van der Waals surface area contributed by atoms with Crippen molar-refractivity contribution in [1.82, 2.24) is 9.78 Å². The highest BCUT2D eigenvalue weighted by atomic mass is 35.5.